The molecule has 4 nitrogen and oxygen atoms in total. The van der Waals surface area contributed by atoms with Crippen molar-refractivity contribution in [3.63, 3.8) is 0 Å². The molecule has 0 unspecified atom stereocenters. The fourth-order valence-corrected chi connectivity index (χ4v) is 2.79. The van der Waals surface area contributed by atoms with Gasteiger partial charge in [0.25, 0.3) is 0 Å². The minimum Gasteiger partial charge on any atom is -0.480 e. The maximum Gasteiger partial charge on any atom is 0.323 e. The van der Waals surface area contributed by atoms with Crippen molar-refractivity contribution in [1.82, 2.24) is 4.57 Å². The lowest BCUT2D eigenvalue weighted by molar-refractivity contribution is -0.137. The summed E-state index contributed by atoms with van der Waals surface area (Å²) in [5.74, 6) is -0.0719. The Bertz CT molecular complexity index is 905. The summed E-state index contributed by atoms with van der Waals surface area (Å²) in [6.07, 6.45) is 1.67. The van der Waals surface area contributed by atoms with Gasteiger partial charge < -0.3 is 14.4 Å². The van der Waals surface area contributed by atoms with Gasteiger partial charge in [0.05, 0.1) is 10.5 Å². The lowest BCUT2D eigenvalue weighted by Crippen LogP contribution is -2.07. The molecule has 0 saturated carbocycles. The van der Waals surface area contributed by atoms with Crippen molar-refractivity contribution >= 4 is 51.7 Å². The van der Waals surface area contributed by atoms with E-state index in [1.54, 1.807) is 47.2 Å². The number of hydrogen-bond acceptors (Lipinski definition) is 2. The van der Waals surface area contributed by atoms with Gasteiger partial charge in [-0.05, 0) is 24.3 Å². The predicted octanol–water partition coefficient (Wildman–Crippen LogP) is 5.48. The fraction of sp³-hybridized carbons (Fsp3) is 0.0625. The SMILES string of the molecule is O=C(O)Cn1ccc2c(Oc3cc(Cl)ccc3Cl)cc(Cl)cc21. The van der Waals surface area contributed by atoms with Gasteiger partial charge in [-0.1, -0.05) is 34.8 Å². The number of aliphatic carboxylic acids is 1. The molecule has 3 rings (SSSR count). The van der Waals surface area contributed by atoms with Crippen LogP contribution in [0.2, 0.25) is 15.1 Å². The Balaban J connectivity index is 2.08. The highest BCUT2D eigenvalue weighted by Gasteiger charge is 2.13. The molecule has 1 aromatic heterocycles. The third kappa shape index (κ3) is 3.39. The molecule has 2 aromatic carbocycles. The molecule has 0 aliphatic carbocycles. The zero-order valence-corrected chi connectivity index (χ0v) is 13.9. The highest BCUT2D eigenvalue weighted by Crippen LogP contribution is 2.37. The summed E-state index contributed by atoms with van der Waals surface area (Å²) in [5, 5.41) is 11.0. The van der Waals surface area contributed by atoms with Gasteiger partial charge in [0.2, 0.25) is 0 Å². The number of carboxylic acids is 1. The summed E-state index contributed by atoms with van der Waals surface area (Å²) in [6, 6.07) is 10.00. The average molecular weight is 371 g/mol. The molecule has 0 radical (unpaired) electrons. The minimum atomic E-state index is -0.942. The highest BCUT2D eigenvalue weighted by molar-refractivity contribution is 6.34. The van der Waals surface area contributed by atoms with Gasteiger partial charge >= 0.3 is 5.97 Å². The molecule has 3 aromatic rings. The molecular formula is C16H10Cl3NO3. The number of halogens is 3. The van der Waals surface area contributed by atoms with Crippen molar-refractivity contribution in [3.05, 3.63) is 57.7 Å². The lowest BCUT2D eigenvalue weighted by Gasteiger charge is -2.10. The molecule has 0 aliphatic heterocycles. The predicted molar refractivity (Wildman–Crippen MR) is 91.1 cm³/mol. The Kier molecular flexibility index (Phi) is 4.39. The Hall–Kier alpha value is -1.88. The molecule has 1 heterocycles. The van der Waals surface area contributed by atoms with E-state index in [-0.39, 0.29) is 6.54 Å². The molecule has 0 atom stereocenters. The topological polar surface area (TPSA) is 51.5 Å². The number of carboxylic acid groups (broad SMARTS) is 1. The third-order valence-electron chi connectivity index (χ3n) is 3.23. The van der Waals surface area contributed by atoms with Gasteiger partial charge in [0.1, 0.15) is 18.0 Å². The maximum atomic E-state index is 10.9. The minimum absolute atomic E-state index is 0.165. The van der Waals surface area contributed by atoms with Gasteiger partial charge in [-0.3, -0.25) is 4.79 Å². The number of ether oxygens (including phenoxy) is 1. The molecule has 0 bridgehead atoms. The largest absolute Gasteiger partial charge is 0.480 e. The maximum absolute atomic E-state index is 10.9. The first kappa shape index (κ1) is 16.0. The summed E-state index contributed by atoms with van der Waals surface area (Å²) in [6.45, 7) is -0.165. The first-order valence-electron chi connectivity index (χ1n) is 6.57. The Labute approximate surface area is 146 Å². The monoisotopic (exact) mass is 369 g/mol. The number of carbonyl (C=O) groups is 1. The molecule has 0 fully saturated rings. The first-order chi connectivity index (χ1) is 10.9. The number of rotatable bonds is 4. The number of nitrogens with zero attached hydrogens (tertiary/aromatic N) is 1. The molecular weight excluding hydrogens is 361 g/mol. The fourth-order valence-electron chi connectivity index (χ4n) is 2.27. The van der Waals surface area contributed by atoms with E-state index in [4.69, 9.17) is 44.6 Å². The van der Waals surface area contributed by atoms with Crippen LogP contribution in [-0.4, -0.2) is 15.6 Å². The second kappa shape index (κ2) is 6.32. The van der Waals surface area contributed by atoms with Crippen molar-refractivity contribution in [1.29, 1.82) is 0 Å². The van der Waals surface area contributed by atoms with Crippen molar-refractivity contribution in [2.45, 2.75) is 6.54 Å². The van der Waals surface area contributed by atoms with Crippen LogP contribution in [0.4, 0.5) is 0 Å². The summed E-state index contributed by atoms with van der Waals surface area (Å²) in [7, 11) is 0. The standard InChI is InChI=1S/C16H10Cl3NO3/c17-9-1-2-12(19)15(6-9)23-14-7-10(18)5-13-11(14)3-4-20(13)8-16(21)22/h1-7H,8H2,(H,21,22). The van der Waals surface area contributed by atoms with E-state index >= 15 is 0 Å². The van der Waals surface area contributed by atoms with E-state index in [1.165, 1.54) is 0 Å². The van der Waals surface area contributed by atoms with Crippen LogP contribution in [0.1, 0.15) is 0 Å². The summed E-state index contributed by atoms with van der Waals surface area (Å²) in [5.41, 5.74) is 0.660. The summed E-state index contributed by atoms with van der Waals surface area (Å²) < 4.78 is 7.42. The van der Waals surface area contributed by atoms with Crippen molar-refractivity contribution < 1.29 is 14.6 Å². The van der Waals surface area contributed by atoms with Crippen LogP contribution in [0.25, 0.3) is 10.9 Å². The number of aromatic nitrogens is 1. The zero-order chi connectivity index (χ0) is 16.6. The van der Waals surface area contributed by atoms with Crippen LogP contribution in [0.3, 0.4) is 0 Å². The van der Waals surface area contributed by atoms with Gasteiger partial charge in [0, 0.05) is 33.8 Å². The van der Waals surface area contributed by atoms with Gasteiger partial charge in [-0.2, -0.15) is 0 Å². The van der Waals surface area contributed by atoms with E-state index in [0.717, 1.165) is 5.39 Å². The van der Waals surface area contributed by atoms with Crippen LogP contribution in [0.15, 0.2) is 42.6 Å². The quantitative estimate of drug-likeness (QED) is 0.661. The van der Waals surface area contributed by atoms with Crippen LogP contribution >= 0.6 is 34.8 Å². The number of benzene rings is 2. The van der Waals surface area contributed by atoms with E-state index in [1.807, 2.05) is 0 Å². The van der Waals surface area contributed by atoms with E-state index < -0.39 is 5.97 Å². The normalized spacial score (nSPS) is 10.9. The van der Waals surface area contributed by atoms with Crippen molar-refractivity contribution in [2.75, 3.05) is 0 Å². The van der Waals surface area contributed by atoms with E-state index in [9.17, 15) is 4.79 Å². The zero-order valence-electron chi connectivity index (χ0n) is 11.6. The Morgan fingerprint density at radius 1 is 1.04 bits per heavy atom. The second-order valence-electron chi connectivity index (χ2n) is 4.85. The Morgan fingerprint density at radius 3 is 2.52 bits per heavy atom. The van der Waals surface area contributed by atoms with Gasteiger partial charge in [-0.25, -0.2) is 0 Å². The third-order valence-corrected chi connectivity index (χ3v) is 4.00. The van der Waals surface area contributed by atoms with Crippen molar-refractivity contribution in [2.24, 2.45) is 0 Å². The second-order valence-corrected chi connectivity index (χ2v) is 6.13. The van der Waals surface area contributed by atoms with Crippen LogP contribution in [0.5, 0.6) is 11.5 Å². The summed E-state index contributed by atoms with van der Waals surface area (Å²) >= 11 is 18.2. The van der Waals surface area contributed by atoms with E-state index in [0.29, 0.717) is 32.1 Å². The highest BCUT2D eigenvalue weighted by atomic mass is 35.5. The molecule has 7 heteroatoms. The lowest BCUT2D eigenvalue weighted by atomic mass is 10.2. The molecule has 0 aliphatic rings. The molecule has 0 spiro atoms. The van der Waals surface area contributed by atoms with Crippen LogP contribution in [0, 0.1) is 0 Å². The molecule has 0 amide bonds. The molecule has 0 saturated heterocycles. The van der Waals surface area contributed by atoms with Crippen LogP contribution < -0.4 is 4.74 Å². The van der Waals surface area contributed by atoms with Crippen molar-refractivity contribution in [3.8, 4) is 11.5 Å². The molecule has 118 valence electrons. The molecule has 1 N–H and O–H groups in total. The average Bonchev–Trinajstić information content (AvgIpc) is 2.85. The van der Waals surface area contributed by atoms with E-state index in [2.05, 4.69) is 0 Å². The van der Waals surface area contributed by atoms with Gasteiger partial charge in [0.15, 0.2) is 0 Å². The summed E-state index contributed by atoms with van der Waals surface area (Å²) in [4.78, 5) is 10.9. The Morgan fingerprint density at radius 2 is 1.78 bits per heavy atom. The van der Waals surface area contributed by atoms with Gasteiger partial charge in [-0.15, -0.1) is 0 Å². The van der Waals surface area contributed by atoms with Crippen LogP contribution in [-0.2, 0) is 11.3 Å². The molecule has 23 heavy (non-hydrogen) atoms. The number of hydrogen-bond donors (Lipinski definition) is 1. The number of fused-ring (bicyclic) bond motifs is 1. The first-order valence-corrected chi connectivity index (χ1v) is 7.70. The smallest absolute Gasteiger partial charge is 0.323 e.